The second kappa shape index (κ2) is 5.95. The van der Waals surface area contributed by atoms with E-state index in [1.54, 1.807) is 12.4 Å². The number of nitrogens with one attached hydrogen (secondary N) is 2. The molecule has 0 spiro atoms. The first kappa shape index (κ1) is 15.1. The van der Waals surface area contributed by atoms with Crippen molar-refractivity contribution in [1.29, 1.82) is 0 Å². The number of benzene rings is 1. The molecule has 128 valence electrons. The third-order valence-electron chi connectivity index (χ3n) is 4.89. The molecular weight excluding hydrogens is 322 g/mol. The van der Waals surface area contributed by atoms with E-state index >= 15 is 0 Å². The molecule has 26 heavy (non-hydrogen) atoms. The quantitative estimate of drug-likeness (QED) is 0.573. The fourth-order valence-corrected chi connectivity index (χ4v) is 3.66. The average molecular weight is 341 g/mol. The van der Waals surface area contributed by atoms with Gasteiger partial charge in [-0.2, -0.15) is 0 Å². The van der Waals surface area contributed by atoms with Crippen molar-refractivity contribution in [2.45, 2.75) is 26.2 Å². The van der Waals surface area contributed by atoms with Gasteiger partial charge >= 0.3 is 0 Å². The minimum atomic E-state index is 0.758. The van der Waals surface area contributed by atoms with Crippen LogP contribution in [0.4, 0.5) is 11.5 Å². The molecule has 2 N–H and O–H groups in total. The van der Waals surface area contributed by atoms with Crippen LogP contribution >= 0.6 is 0 Å². The highest BCUT2D eigenvalue weighted by molar-refractivity contribution is 5.85. The smallest absolute Gasteiger partial charge is 0.161 e. The van der Waals surface area contributed by atoms with E-state index in [2.05, 4.69) is 46.5 Å². The molecule has 5 rings (SSSR count). The van der Waals surface area contributed by atoms with Crippen LogP contribution in [0.2, 0.25) is 0 Å². The first-order chi connectivity index (χ1) is 12.8. The van der Waals surface area contributed by atoms with Gasteiger partial charge in [0.2, 0.25) is 0 Å². The van der Waals surface area contributed by atoms with Crippen molar-refractivity contribution in [1.82, 2.24) is 19.9 Å². The molecule has 0 saturated carbocycles. The van der Waals surface area contributed by atoms with Crippen LogP contribution in [0.3, 0.4) is 0 Å². The lowest BCUT2D eigenvalue weighted by Gasteiger charge is -2.12. The first-order valence-corrected chi connectivity index (χ1v) is 8.93. The Hall–Kier alpha value is -3.21. The lowest BCUT2D eigenvalue weighted by molar-refractivity contribution is 0.900. The van der Waals surface area contributed by atoms with Crippen molar-refractivity contribution in [3.05, 3.63) is 65.7 Å². The van der Waals surface area contributed by atoms with Crippen LogP contribution in [0.25, 0.3) is 22.3 Å². The molecule has 0 atom stereocenters. The lowest BCUT2D eigenvalue weighted by Crippen LogP contribution is -2.03. The third-order valence-corrected chi connectivity index (χ3v) is 4.89. The van der Waals surface area contributed by atoms with Crippen LogP contribution in [0, 0.1) is 6.92 Å². The van der Waals surface area contributed by atoms with Gasteiger partial charge in [-0.15, -0.1) is 0 Å². The van der Waals surface area contributed by atoms with Gasteiger partial charge in [0.15, 0.2) is 5.82 Å². The van der Waals surface area contributed by atoms with Gasteiger partial charge in [0, 0.05) is 51.5 Å². The number of nitrogens with zero attached hydrogens (tertiary/aromatic N) is 3. The molecule has 0 unspecified atom stereocenters. The zero-order valence-corrected chi connectivity index (χ0v) is 14.6. The summed E-state index contributed by atoms with van der Waals surface area (Å²) in [5, 5.41) is 4.74. The van der Waals surface area contributed by atoms with E-state index in [1.165, 1.54) is 16.6 Å². The van der Waals surface area contributed by atoms with E-state index in [0.717, 1.165) is 53.4 Å². The maximum absolute atomic E-state index is 4.84. The summed E-state index contributed by atoms with van der Waals surface area (Å²) in [6, 6.07) is 12.4. The largest absolute Gasteiger partial charge is 0.359 e. The number of pyridine rings is 1. The number of anilines is 2. The number of aryl methyl sites for hydroxylation is 2. The van der Waals surface area contributed by atoms with Crippen molar-refractivity contribution in [2.24, 2.45) is 0 Å². The number of fused-ring (bicyclic) bond motifs is 2. The molecule has 5 heteroatoms. The monoisotopic (exact) mass is 341 g/mol. The van der Waals surface area contributed by atoms with E-state index in [0.29, 0.717) is 0 Å². The van der Waals surface area contributed by atoms with Crippen LogP contribution in [0.15, 0.2) is 48.8 Å². The second-order valence-corrected chi connectivity index (χ2v) is 6.79. The second-order valence-electron chi connectivity index (χ2n) is 6.79. The summed E-state index contributed by atoms with van der Waals surface area (Å²) in [5.74, 6) is 1.68. The summed E-state index contributed by atoms with van der Waals surface area (Å²) in [4.78, 5) is 17.1. The van der Waals surface area contributed by atoms with Gasteiger partial charge in [-0.25, -0.2) is 9.97 Å². The highest BCUT2D eigenvalue weighted by atomic mass is 15.0. The van der Waals surface area contributed by atoms with Gasteiger partial charge in [0.1, 0.15) is 5.82 Å². The molecule has 0 amide bonds. The van der Waals surface area contributed by atoms with Crippen molar-refractivity contribution >= 4 is 22.4 Å². The fourth-order valence-electron chi connectivity index (χ4n) is 3.66. The third kappa shape index (κ3) is 2.62. The minimum Gasteiger partial charge on any atom is -0.359 e. The molecule has 0 aliphatic heterocycles. The normalized spacial score (nSPS) is 13.1. The molecule has 1 aliphatic rings. The zero-order chi connectivity index (χ0) is 17.5. The minimum absolute atomic E-state index is 0.758. The summed E-state index contributed by atoms with van der Waals surface area (Å²) in [7, 11) is 0. The molecule has 1 aliphatic carbocycles. The number of aromatic nitrogens is 4. The highest BCUT2D eigenvalue weighted by Crippen LogP contribution is 2.31. The number of rotatable bonds is 3. The van der Waals surface area contributed by atoms with Gasteiger partial charge in [0.25, 0.3) is 0 Å². The standard InChI is InChI=1S/C21H19N5/c1-13-11-15-12-16(5-6-18(15)23-13)24-21-17-3-2-4-19(17)25-20(26-21)14-7-9-22-10-8-14/h5-12,23H,2-4H2,1H3,(H,24,25,26). The maximum Gasteiger partial charge on any atom is 0.161 e. The van der Waals surface area contributed by atoms with Crippen LogP contribution in [-0.4, -0.2) is 19.9 Å². The van der Waals surface area contributed by atoms with Crippen molar-refractivity contribution in [2.75, 3.05) is 5.32 Å². The Balaban J connectivity index is 1.57. The molecule has 3 heterocycles. The van der Waals surface area contributed by atoms with Gasteiger partial charge < -0.3 is 10.3 Å². The molecular formula is C21H19N5. The zero-order valence-electron chi connectivity index (χ0n) is 14.6. The molecule has 3 aromatic heterocycles. The van der Waals surface area contributed by atoms with E-state index in [-0.39, 0.29) is 0 Å². The molecule has 0 fully saturated rings. The summed E-state index contributed by atoms with van der Waals surface area (Å²) in [6.45, 7) is 2.07. The van der Waals surface area contributed by atoms with Gasteiger partial charge in [-0.3, -0.25) is 4.98 Å². The Bertz CT molecular complexity index is 1100. The molecule has 4 aromatic rings. The van der Waals surface area contributed by atoms with E-state index in [9.17, 15) is 0 Å². The van der Waals surface area contributed by atoms with Gasteiger partial charge in [0.05, 0.1) is 0 Å². The van der Waals surface area contributed by atoms with Crippen molar-refractivity contribution < 1.29 is 0 Å². The van der Waals surface area contributed by atoms with Crippen molar-refractivity contribution in [3.63, 3.8) is 0 Å². The molecule has 0 saturated heterocycles. The fraction of sp³-hybridized carbons (Fsp3) is 0.190. The summed E-state index contributed by atoms with van der Waals surface area (Å²) in [5.41, 5.74) is 6.76. The Morgan fingerprint density at radius 3 is 2.77 bits per heavy atom. The summed E-state index contributed by atoms with van der Waals surface area (Å²) in [6.07, 6.45) is 6.73. The Kier molecular flexibility index (Phi) is 3.45. The summed E-state index contributed by atoms with van der Waals surface area (Å²) < 4.78 is 0. The lowest BCUT2D eigenvalue weighted by atomic mass is 10.2. The topological polar surface area (TPSA) is 66.5 Å². The SMILES string of the molecule is Cc1cc2cc(Nc3nc(-c4ccncc4)nc4c3CCC4)ccc2[nH]1. The predicted molar refractivity (Wildman–Crippen MR) is 104 cm³/mol. The predicted octanol–water partition coefficient (Wildman–Crippen LogP) is 4.56. The molecule has 0 bridgehead atoms. The van der Waals surface area contributed by atoms with Crippen molar-refractivity contribution in [3.8, 4) is 11.4 Å². The Morgan fingerprint density at radius 1 is 1.00 bits per heavy atom. The molecule has 5 nitrogen and oxygen atoms in total. The van der Waals surface area contributed by atoms with Crippen LogP contribution in [0.1, 0.15) is 23.4 Å². The van der Waals surface area contributed by atoms with Crippen LogP contribution in [-0.2, 0) is 12.8 Å². The highest BCUT2D eigenvalue weighted by Gasteiger charge is 2.20. The summed E-state index contributed by atoms with van der Waals surface area (Å²) >= 11 is 0. The number of hydrogen-bond donors (Lipinski definition) is 2. The van der Waals surface area contributed by atoms with E-state index < -0.39 is 0 Å². The first-order valence-electron chi connectivity index (χ1n) is 8.93. The number of hydrogen-bond acceptors (Lipinski definition) is 4. The average Bonchev–Trinajstić information content (AvgIpc) is 3.27. The number of aromatic amines is 1. The van der Waals surface area contributed by atoms with Gasteiger partial charge in [-0.1, -0.05) is 0 Å². The van der Waals surface area contributed by atoms with E-state index in [1.807, 2.05) is 12.1 Å². The Morgan fingerprint density at radius 2 is 1.88 bits per heavy atom. The Labute approximate surface area is 151 Å². The maximum atomic E-state index is 4.84. The number of H-pyrrole nitrogens is 1. The van der Waals surface area contributed by atoms with Gasteiger partial charge in [-0.05, 0) is 62.6 Å². The van der Waals surface area contributed by atoms with E-state index in [4.69, 9.17) is 9.97 Å². The van der Waals surface area contributed by atoms with Crippen LogP contribution in [0.5, 0.6) is 0 Å². The van der Waals surface area contributed by atoms with Crippen LogP contribution < -0.4 is 5.32 Å². The molecule has 1 aromatic carbocycles. The molecule has 0 radical (unpaired) electrons.